The maximum atomic E-state index is 10.3. The Bertz CT molecular complexity index is 366. The fourth-order valence-corrected chi connectivity index (χ4v) is 2.03. The predicted molar refractivity (Wildman–Crippen MR) is 79.9 cm³/mol. The van der Waals surface area contributed by atoms with Crippen molar-refractivity contribution >= 4 is 0 Å². The molecule has 0 saturated heterocycles. The van der Waals surface area contributed by atoms with Crippen LogP contribution in [0.25, 0.3) is 0 Å². The van der Waals surface area contributed by atoms with Gasteiger partial charge in [0.2, 0.25) is 0 Å². The smallest absolute Gasteiger partial charge is 0.125 e. The lowest BCUT2D eigenvalue weighted by molar-refractivity contribution is -0.0887. The molecule has 0 aromatic rings. The molecule has 0 rings (SSSR count). The van der Waals surface area contributed by atoms with E-state index in [1.54, 1.807) is 13.8 Å². The van der Waals surface area contributed by atoms with Gasteiger partial charge in [-0.2, -0.15) is 0 Å². The number of hydrogen-bond acceptors (Lipinski definition) is 4. The molecule has 20 heavy (non-hydrogen) atoms. The molecule has 4 nitrogen and oxygen atoms in total. The van der Waals surface area contributed by atoms with Crippen LogP contribution in [0.15, 0.2) is 0 Å². The minimum Gasteiger partial charge on any atom is -0.392 e. The van der Waals surface area contributed by atoms with Crippen molar-refractivity contribution in [2.75, 3.05) is 0 Å². The quantitative estimate of drug-likeness (QED) is 0.574. The third-order valence-corrected chi connectivity index (χ3v) is 3.48. The van der Waals surface area contributed by atoms with Crippen molar-refractivity contribution in [2.45, 2.75) is 78.3 Å². The molecular formula is C16H30O4. The Labute approximate surface area is 122 Å². The second-order valence-electron chi connectivity index (χ2n) is 7.31. The van der Waals surface area contributed by atoms with Crippen LogP contribution in [0.2, 0.25) is 0 Å². The summed E-state index contributed by atoms with van der Waals surface area (Å²) in [6.45, 7) is 11.8. The van der Waals surface area contributed by atoms with Crippen molar-refractivity contribution in [3.8, 4) is 11.8 Å². The molecule has 0 aliphatic heterocycles. The van der Waals surface area contributed by atoms with Crippen LogP contribution in [0.5, 0.6) is 0 Å². The summed E-state index contributed by atoms with van der Waals surface area (Å²) < 4.78 is 0. The highest BCUT2D eigenvalue weighted by Gasteiger charge is 2.40. The predicted octanol–water partition coefficient (Wildman–Crippen LogP) is 1.31. The van der Waals surface area contributed by atoms with E-state index in [4.69, 9.17) is 0 Å². The van der Waals surface area contributed by atoms with Gasteiger partial charge < -0.3 is 20.4 Å². The van der Waals surface area contributed by atoms with E-state index in [1.807, 2.05) is 13.8 Å². The second-order valence-corrected chi connectivity index (χ2v) is 7.31. The van der Waals surface area contributed by atoms with Gasteiger partial charge in [-0.15, -0.1) is 0 Å². The van der Waals surface area contributed by atoms with Gasteiger partial charge in [-0.3, -0.25) is 0 Å². The third-order valence-electron chi connectivity index (χ3n) is 3.48. The van der Waals surface area contributed by atoms with Crippen LogP contribution in [0, 0.1) is 23.2 Å². The molecule has 0 aliphatic carbocycles. The first kappa shape index (κ1) is 19.4. The highest BCUT2D eigenvalue weighted by Crippen LogP contribution is 2.33. The van der Waals surface area contributed by atoms with E-state index in [9.17, 15) is 20.4 Å². The standard InChI is InChI=1S/C16H30O4/c1-11(2)13(18)15(5,6)12(17)10-16(7,20)9-8-14(3,4)19/h11-13,17-20H,10H2,1-7H3. The van der Waals surface area contributed by atoms with Crippen molar-refractivity contribution in [2.24, 2.45) is 11.3 Å². The normalized spacial score (nSPS) is 19.0. The molecule has 3 atom stereocenters. The van der Waals surface area contributed by atoms with Crippen molar-refractivity contribution in [1.82, 2.24) is 0 Å². The Balaban J connectivity index is 4.97. The summed E-state index contributed by atoms with van der Waals surface area (Å²) in [5.41, 5.74) is -3.37. The van der Waals surface area contributed by atoms with E-state index in [2.05, 4.69) is 11.8 Å². The summed E-state index contributed by atoms with van der Waals surface area (Å²) in [6, 6.07) is 0. The molecule has 4 heteroatoms. The van der Waals surface area contributed by atoms with Gasteiger partial charge >= 0.3 is 0 Å². The Kier molecular flexibility index (Phi) is 6.25. The number of rotatable bonds is 5. The van der Waals surface area contributed by atoms with Gasteiger partial charge in [0.15, 0.2) is 0 Å². The molecule has 0 fully saturated rings. The molecule has 0 amide bonds. The van der Waals surface area contributed by atoms with Crippen LogP contribution < -0.4 is 0 Å². The van der Waals surface area contributed by atoms with E-state index in [0.717, 1.165) is 0 Å². The van der Waals surface area contributed by atoms with E-state index in [1.165, 1.54) is 20.8 Å². The topological polar surface area (TPSA) is 80.9 Å². The Morgan fingerprint density at radius 2 is 1.35 bits per heavy atom. The molecule has 0 bridgehead atoms. The molecule has 118 valence electrons. The summed E-state index contributed by atoms with van der Waals surface area (Å²) in [6.07, 6.45) is -1.59. The van der Waals surface area contributed by atoms with E-state index >= 15 is 0 Å². The average Bonchev–Trinajstić information content (AvgIpc) is 2.23. The minimum atomic E-state index is -1.42. The maximum absolute atomic E-state index is 10.3. The van der Waals surface area contributed by atoms with Gasteiger partial charge in [-0.1, -0.05) is 39.5 Å². The van der Waals surface area contributed by atoms with E-state index in [-0.39, 0.29) is 12.3 Å². The first-order valence-corrected chi connectivity index (χ1v) is 7.04. The van der Waals surface area contributed by atoms with E-state index < -0.39 is 28.8 Å². The first-order valence-electron chi connectivity index (χ1n) is 7.04. The molecule has 0 aliphatic rings. The number of aliphatic hydroxyl groups is 4. The lowest BCUT2D eigenvalue weighted by Crippen LogP contribution is -2.46. The van der Waals surface area contributed by atoms with Crippen molar-refractivity contribution < 1.29 is 20.4 Å². The van der Waals surface area contributed by atoms with Crippen LogP contribution in [0.1, 0.15) is 54.9 Å². The van der Waals surface area contributed by atoms with Gasteiger partial charge in [0.05, 0.1) is 12.2 Å². The average molecular weight is 286 g/mol. The fraction of sp³-hybridized carbons (Fsp3) is 0.875. The highest BCUT2D eigenvalue weighted by atomic mass is 16.3. The highest BCUT2D eigenvalue weighted by molar-refractivity contribution is 5.18. The molecule has 0 radical (unpaired) electrons. The second kappa shape index (κ2) is 6.44. The Morgan fingerprint density at radius 1 is 0.900 bits per heavy atom. The van der Waals surface area contributed by atoms with Crippen molar-refractivity contribution in [3.63, 3.8) is 0 Å². The summed E-state index contributed by atoms with van der Waals surface area (Å²) in [5, 5.41) is 40.2. The molecule has 0 saturated carbocycles. The van der Waals surface area contributed by atoms with Crippen molar-refractivity contribution in [3.05, 3.63) is 0 Å². The molecule has 0 heterocycles. The summed E-state index contributed by atoms with van der Waals surface area (Å²) in [5.74, 6) is 5.14. The number of aliphatic hydroxyl groups excluding tert-OH is 2. The molecular weight excluding hydrogens is 256 g/mol. The lowest BCUT2D eigenvalue weighted by Gasteiger charge is -2.39. The zero-order chi connectivity index (χ0) is 16.4. The van der Waals surface area contributed by atoms with Gasteiger partial charge in [0, 0.05) is 11.8 Å². The molecule has 0 aromatic carbocycles. The molecule has 3 unspecified atom stereocenters. The van der Waals surface area contributed by atoms with Crippen LogP contribution in [-0.4, -0.2) is 43.8 Å². The van der Waals surface area contributed by atoms with Crippen LogP contribution in [0.4, 0.5) is 0 Å². The Morgan fingerprint density at radius 3 is 1.70 bits per heavy atom. The van der Waals surface area contributed by atoms with E-state index in [0.29, 0.717) is 0 Å². The Hall–Kier alpha value is -0.600. The van der Waals surface area contributed by atoms with Gasteiger partial charge in [0.25, 0.3) is 0 Å². The van der Waals surface area contributed by atoms with Crippen LogP contribution in [-0.2, 0) is 0 Å². The summed E-state index contributed by atoms with van der Waals surface area (Å²) in [7, 11) is 0. The maximum Gasteiger partial charge on any atom is 0.125 e. The molecule has 0 aromatic heterocycles. The van der Waals surface area contributed by atoms with Gasteiger partial charge in [-0.25, -0.2) is 0 Å². The van der Waals surface area contributed by atoms with Crippen LogP contribution >= 0.6 is 0 Å². The first-order chi connectivity index (χ1) is 8.69. The molecule has 4 N–H and O–H groups in total. The largest absolute Gasteiger partial charge is 0.392 e. The zero-order valence-electron chi connectivity index (χ0n) is 13.7. The number of hydrogen-bond donors (Lipinski definition) is 4. The zero-order valence-corrected chi connectivity index (χ0v) is 13.7. The summed E-state index contributed by atoms with van der Waals surface area (Å²) in [4.78, 5) is 0. The van der Waals surface area contributed by atoms with Crippen molar-refractivity contribution in [1.29, 1.82) is 0 Å². The van der Waals surface area contributed by atoms with Gasteiger partial charge in [0.1, 0.15) is 11.2 Å². The van der Waals surface area contributed by atoms with Crippen LogP contribution in [0.3, 0.4) is 0 Å². The summed E-state index contributed by atoms with van der Waals surface area (Å²) >= 11 is 0. The SMILES string of the molecule is CC(C)C(O)C(C)(C)C(O)CC(C)(O)C#CC(C)(C)O. The lowest BCUT2D eigenvalue weighted by atomic mass is 9.73. The monoisotopic (exact) mass is 286 g/mol. The fourth-order valence-electron chi connectivity index (χ4n) is 2.03. The van der Waals surface area contributed by atoms with Gasteiger partial charge in [-0.05, 0) is 26.7 Å². The minimum absolute atomic E-state index is 0.00654. The third kappa shape index (κ3) is 6.23. The molecule has 0 spiro atoms.